The fourth-order valence-corrected chi connectivity index (χ4v) is 2.56. The van der Waals surface area contributed by atoms with Gasteiger partial charge in [0.2, 0.25) is 0 Å². The van der Waals surface area contributed by atoms with E-state index >= 15 is 0 Å². The van der Waals surface area contributed by atoms with Crippen molar-refractivity contribution in [1.29, 1.82) is 0 Å². The zero-order valence-electron chi connectivity index (χ0n) is 11.9. The van der Waals surface area contributed by atoms with Crippen LogP contribution in [0, 0.1) is 11.8 Å². The van der Waals surface area contributed by atoms with Crippen LogP contribution in [0.2, 0.25) is 0 Å². The van der Waals surface area contributed by atoms with E-state index in [-0.39, 0.29) is 25.2 Å². The van der Waals surface area contributed by atoms with Gasteiger partial charge in [0.05, 0.1) is 6.61 Å². The Morgan fingerprint density at radius 3 is 2.75 bits per heavy atom. The van der Waals surface area contributed by atoms with Crippen molar-refractivity contribution in [2.45, 2.75) is 32.7 Å². The van der Waals surface area contributed by atoms with E-state index in [2.05, 4.69) is 11.8 Å². The highest BCUT2D eigenvalue weighted by Crippen LogP contribution is 2.19. The Balaban J connectivity index is 2.90. The number of amides is 1. The van der Waals surface area contributed by atoms with Gasteiger partial charge in [0.15, 0.2) is 0 Å². The molecule has 0 fully saturated rings. The minimum Gasteiger partial charge on any atom is -0.396 e. The van der Waals surface area contributed by atoms with E-state index in [9.17, 15) is 4.79 Å². The molecule has 1 rings (SSSR count). The first-order chi connectivity index (χ1) is 9.61. The topological polar surface area (TPSA) is 60.8 Å². The average molecular weight is 295 g/mol. The fourth-order valence-electron chi connectivity index (χ4n) is 1.75. The molecule has 4 nitrogen and oxygen atoms in total. The van der Waals surface area contributed by atoms with Crippen LogP contribution < -0.4 is 0 Å². The van der Waals surface area contributed by atoms with Crippen LogP contribution in [0.3, 0.4) is 0 Å². The van der Waals surface area contributed by atoms with E-state index in [0.717, 1.165) is 0 Å². The van der Waals surface area contributed by atoms with Crippen LogP contribution in [-0.4, -0.2) is 46.8 Å². The van der Waals surface area contributed by atoms with Gasteiger partial charge in [-0.25, -0.2) is 0 Å². The van der Waals surface area contributed by atoms with E-state index < -0.39 is 0 Å². The Morgan fingerprint density at radius 1 is 1.40 bits per heavy atom. The maximum absolute atomic E-state index is 12.5. The SMILES string of the molecule is CC(C)N(CCCO)C(=O)c1sccc1C#CCCO. The minimum absolute atomic E-state index is 0.0229. The highest BCUT2D eigenvalue weighted by atomic mass is 32.1. The Labute approximate surface area is 124 Å². The third kappa shape index (κ3) is 4.64. The van der Waals surface area contributed by atoms with Crippen LogP contribution in [0.25, 0.3) is 0 Å². The molecule has 1 aromatic rings. The Bertz CT molecular complexity index is 485. The average Bonchev–Trinajstić information content (AvgIpc) is 2.87. The van der Waals surface area contributed by atoms with Crippen molar-refractivity contribution in [1.82, 2.24) is 4.90 Å². The molecule has 1 heterocycles. The molecule has 0 aliphatic heterocycles. The predicted molar refractivity (Wildman–Crippen MR) is 80.8 cm³/mol. The summed E-state index contributed by atoms with van der Waals surface area (Å²) in [5.74, 6) is 5.72. The number of rotatable bonds is 6. The molecule has 0 aliphatic carbocycles. The summed E-state index contributed by atoms with van der Waals surface area (Å²) >= 11 is 1.38. The molecule has 0 aromatic carbocycles. The summed E-state index contributed by atoms with van der Waals surface area (Å²) in [7, 11) is 0. The summed E-state index contributed by atoms with van der Waals surface area (Å²) < 4.78 is 0. The van der Waals surface area contributed by atoms with Crippen LogP contribution in [0.1, 0.15) is 41.9 Å². The van der Waals surface area contributed by atoms with Crippen LogP contribution in [0.4, 0.5) is 0 Å². The molecule has 0 radical (unpaired) electrons. The maximum Gasteiger partial charge on any atom is 0.265 e. The van der Waals surface area contributed by atoms with Crippen molar-refractivity contribution in [2.75, 3.05) is 19.8 Å². The summed E-state index contributed by atoms with van der Waals surface area (Å²) in [5.41, 5.74) is 0.711. The largest absolute Gasteiger partial charge is 0.396 e. The van der Waals surface area contributed by atoms with Crippen LogP contribution >= 0.6 is 11.3 Å². The summed E-state index contributed by atoms with van der Waals surface area (Å²) in [6.45, 7) is 4.55. The van der Waals surface area contributed by atoms with Crippen molar-refractivity contribution < 1.29 is 15.0 Å². The van der Waals surface area contributed by atoms with Crippen molar-refractivity contribution >= 4 is 17.2 Å². The number of thiophene rings is 1. The molecule has 5 heteroatoms. The molecule has 0 atom stereocenters. The summed E-state index contributed by atoms with van der Waals surface area (Å²) in [6.07, 6.45) is 0.975. The normalized spacial score (nSPS) is 10.2. The van der Waals surface area contributed by atoms with Crippen molar-refractivity contribution in [3.63, 3.8) is 0 Å². The second-order valence-electron chi connectivity index (χ2n) is 4.61. The third-order valence-corrected chi connectivity index (χ3v) is 3.66. The molecule has 0 saturated carbocycles. The second-order valence-corrected chi connectivity index (χ2v) is 5.52. The van der Waals surface area contributed by atoms with Gasteiger partial charge in [0.25, 0.3) is 5.91 Å². The van der Waals surface area contributed by atoms with Gasteiger partial charge in [0.1, 0.15) is 4.88 Å². The first-order valence-electron chi connectivity index (χ1n) is 6.70. The lowest BCUT2D eigenvalue weighted by Gasteiger charge is -2.26. The Kier molecular flexibility index (Phi) is 7.31. The summed E-state index contributed by atoms with van der Waals surface area (Å²) in [5, 5.41) is 19.5. The van der Waals surface area contributed by atoms with Gasteiger partial charge in [-0.15, -0.1) is 11.3 Å². The standard InChI is InChI=1S/C15H21NO3S/c1-12(2)16(8-5-10-18)15(19)14-13(7-11-20-14)6-3-4-9-17/h7,11-12,17-18H,4-5,8-10H2,1-2H3. The number of carbonyl (C=O) groups excluding carboxylic acids is 1. The molecule has 0 unspecified atom stereocenters. The third-order valence-electron chi connectivity index (χ3n) is 2.76. The highest BCUT2D eigenvalue weighted by Gasteiger charge is 2.21. The highest BCUT2D eigenvalue weighted by molar-refractivity contribution is 7.12. The molecule has 0 saturated heterocycles. The maximum atomic E-state index is 12.5. The molecular formula is C15H21NO3S. The molecule has 0 aliphatic rings. The van der Waals surface area contributed by atoms with E-state index in [1.165, 1.54) is 11.3 Å². The lowest BCUT2D eigenvalue weighted by molar-refractivity contribution is 0.0698. The van der Waals surface area contributed by atoms with Gasteiger partial charge in [-0.05, 0) is 31.7 Å². The van der Waals surface area contributed by atoms with Gasteiger partial charge >= 0.3 is 0 Å². The van der Waals surface area contributed by atoms with E-state index in [4.69, 9.17) is 10.2 Å². The molecule has 0 spiro atoms. The second kappa shape index (κ2) is 8.75. The van der Waals surface area contributed by atoms with Crippen molar-refractivity contribution in [2.24, 2.45) is 0 Å². The molecule has 110 valence electrons. The number of aliphatic hydroxyl groups excluding tert-OH is 2. The van der Waals surface area contributed by atoms with E-state index in [1.807, 2.05) is 25.3 Å². The monoisotopic (exact) mass is 295 g/mol. The number of aliphatic hydroxyl groups is 2. The molecular weight excluding hydrogens is 274 g/mol. The smallest absolute Gasteiger partial charge is 0.265 e. The van der Waals surface area contributed by atoms with Gasteiger partial charge in [-0.3, -0.25) is 4.79 Å². The van der Waals surface area contributed by atoms with Crippen LogP contribution in [0.15, 0.2) is 11.4 Å². The quantitative estimate of drug-likeness (QED) is 0.786. The predicted octanol–water partition coefficient (Wildman–Crippen LogP) is 1.71. The Hall–Kier alpha value is -1.35. The number of hydrogen-bond acceptors (Lipinski definition) is 4. The molecule has 1 amide bonds. The molecule has 1 aromatic heterocycles. The van der Waals surface area contributed by atoms with Gasteiger partial charge in [-0.1, -0.05) is 11.8 Å². The number of carbonyl (C=O) groups is 1. The number of hydrogen-bond donors (Lipinski definition) is 2. The lowest BCUT2D eigenvalue weighted by atomic mass is 10.2. The minimum atomic E-state index is -0.0447. The first-order valence-corrected chi connectivity index (χ1v) is 7.58. The lowest BCUT2D eigenvalue weighted by Crippen LogP contribution is -2.38. The van der Waals surface area contributed by atoms with Crippen LogP contribution in [-0.2, 0) is 0 Å². The van der Waals surface area contributed by atoms with Gasteiger partial charge < -0.3 is 15.1 Å². The summed E-state index contributed by atoms with van der Waals surface area (Å²) in [4.78, 5) is 14.9. The van der Waals surface area contributed by atoms with Gasteiger partial charge in [0, 0.05) is 31.2 Å². The van der Waals surface area contributed by atoms with E-state index in [1.54, 1.807) is 4.90 Å². The van der Waals surface area contributed by atoms with Crippen LogP contribution in [0.5, 0.6) is 0 Å². The van der Waals surface area contributed by atoms with Gasteiger partial charge in [-0.2, -0.15) is 0 Å². The number of nitrogens with zero attached hydrogens (tertiary/aromatic N) is 1. The Morgan fingerprint density at radius 2 is 2.15 bits per heavy atom. The summed E-state index contributed by atoms with van der Waals surface area (Å²) in [6, 6.07) is 1.90. The van der Waals surface area contributed by atoms with E-state index in [0.29, 0.717) is 29.8 Å². The van der Waals surface area contributed by atoms with Crippen molar-refractivity contribution in [3.8, 4) is 11.8 Å². The van der Waals surface area contributed by atoms with Crippen molar-refractivity contribution in [3.05, 3.63) is 21.9 Å². The molecule has 0 bridgehead atoms. The fraction of sp³-hybridized carbons (Fsp3) is 0.533. The zero-order valence-corrected chi connectivity index (χ0v) is 12.7. The zero-order chi connectivity index (χ0) is 15.0. The first kappa shape index (κ1) is 16.7. The molecule has 20 heavy (non-hydrogen) atoms. The molecule has 2 N–H and O–H groups in total.